The van der Waals surface area contributed by atoms with Crippen molar-refractivity contribution in [2.75, 3.05) is 0 Å². The largest absolute Gasteiger partial charge is 0.319 e. The van der Waals surface area contributed by atoms with Crippen molar-refractivity contribution in [3.05, 3.63) is 71.7 Å². The fraction of sp³-hybridized carbons (Fsp3) is 0.133. The van der Waals surface area contributed by atoms with Gasteiger partial charge in [0.15, 0.2) is 0 Å². The molecule has 3 rings (SSSR count). The molecule has 3 nitrogen and oxygen atoms in total. The van der Waals surface area contributed by atoms with Crippen LogP contribution in [0.1, 0.15) is 22.9 Å². The molecule has 0 aliphatic heterocycles. The molecule has 18 heavy (non-hydrogen) atoms. The molecule has 0 saturated carbocycles. The van der Waals surface area contributed by atoms with Crippen LogP contribution in [0.4, 0.5) is 0 Å². The van der Waals surface area contributed by atoms with Crippen molar-refractivity contribution in [2.24, 2.45) is 5.73 Å². The number of hydrogen-bond acceptors (Lipinski definition) is 2. The first-order valence-electron chi connectivity index (χ1n) is 6.00. The number of benzene rings is 1. The van der Waals surface area contributed by atoms with Crippen LogP contribution in [0.3, 0.4) is 0 Å². The van der Waals surface area contributed by atoms with Gasteiger partial charge >= 0.3 is 0 Å². The molecule has 1 aromatic carbocycles. The predicted octanol–water partition coefficient (Wildman–Crippen LogP) is 2.69. The molecule has 0 saturated heterocycles. The van der Waals surface area contributed by atoms with Crippen LogP contribution < -0.4 is 5.73 Å². The summed E-state index contributed by atoms with van der Waals surface area (Å²) in [4.78, 5) is 4.45. The molecule has 0 radical (unpaired) electrons. The molecule has 0 unspecified atom stereocenters. The quantitative estimate of drug-likeness (QED) is 0.744. The Morgan fingerprint density at radius 2 is 1.89 bits per heavy atom. The highest BCUT2D eigenvalue weighted by atomic mass is 15.0. The van der Waals surface area contributed by atoms with Gasteiger partial charge in [0.25, 0.3) is 0 Å². The van der Waals surface area contributed by atoms with E-state index in [0.29, 0.717) is 0 Å². The van der Waals surface area contributed by atoms with E-state index in [2.05, 4.69) is 22.4 Å². The molecule has 1 atom stereocenters. The zero-order valence-electron chi connectivity index (χ0n) is 10.2. The summed E-state index contributed by atoms with van der Waals surface area (Å²) in [7, 11) is 0. The van der Waals surface area contributed by atoms with Gasteiger partial charge in [-0.15, -0.1) is 0 Å². The van der Waals surface area contributed by atoms with Crippen molar-refractivity contribution < 1.29 is 0 Å². The number of pyridine rings is 1. The number of aryl methyl sites for hydroxylation is 1. The van der Waals surface area contributed by atoms with Gasteiger partial charge in [-0.1, -0.05) is 36.4 Å². The molecular formula is C15H15N3. The minimum atomic E-state index is -0.150. The van der Waals surface area contributed by atoms with Crippen LogP contribution in [0.25, 0.3) is 5.65 Å². The molecule has 0 spiro atoms. The van der Waals surface area contributed by atoms with Gasteiger partial charge in [0, 0.05) is 6.20 Å². The SMILES string of the molecule is Cc1cccn2c([C@@H](N)c3ccccc3)cnc12. The molecule has 0 bridgehead atoms. The van der Waals surface area contributed by atoms with E-state index in [-0.39, 0.29) is 6.04 Å². The second-order valence-corrected chi connectivity index (χ2v) is 4.46. The lowest BCUT2D eigenvalue weighted by Gasteiger charge is -2.12. The molecule has 3 aromatic rings. The topological polar surface area (TPSA) is 43.3 Å². The summed E-state index contributed by atoms with van der Waals surface area (Å²) in [6.45, 7) is 2.06. The van der Waals surface area contributed by atoms with Gasteiger partial charge < -0.3 is 10.1 Å². The lowest BCUT2D eigenvalue weighted by atomic mass is 10.1. The maximum absolute atomic E-state index is 6.32. The second-order valence-electron chi connectivity index (χ2n) is 4.46. The third-order valence-electron chi connectivity index (χ3n) is 3.24. The van der Waals surface area contributed by atoms with Crippen LogP contribution in [-0.2, 0) is 0 Å². The van der Waals surface area contributed by atoms with Crippen molar-refractivity contribution in [3.63, 3.8) is 0 Å². The summed E-state index contributed by atoms with van der Waals surface area (Å²) >= 11 is 0. The minimum Gasteiger partial charge on any atom is -0.319 e. The number of hydrogen-bond donors (Lipinski definition) is 1. The lowest BCUT2D eigenvalue weighted by molar-refractivity contribution is 0.814. The number of rotatable bonds is 2. The van der Waals surface area contributed by atoms with Gasteiger partial charge in [0.1, 0.15) is 5.65 Å². The average Bonchev–Trinajstić information content (AvgIpc) is 2.84. The Bertz CT molecular complexity index is 671. The summed E-state index contributed by atoms with van der Waals surface area (Å²) in [5.74, 6) is 0. The molecule has 0 amide bonds. The maximum Gasteiger partial charge on any atom is 0.139 e. The van der Waals surface area contributed by atoms with Crippen molar-refractivity contribution >= 4 is 5.65 Å². The normalized spacial score (nSPS) is 12.8. The number of fused-ring (bicyclic) bond motifs is 1. The number of nitrogens with zero attached hydrogens (tertiary/aromatic N) is 2. The molecule has 0 aliphatic carbocycles. The Hall–Kier alpha value is -2.13. The molecule has 2 aromatic heterocycles. The first kappa shape index (κ1) is 11.0. The van der Waals surface area contributed by atoms with Crippen LogP contribution in [0, 0.1) is 6.92 Å². The van der Waals surface area contributed by atoms with Gasteiger partial charge in [0.05, 0.1) is 17.9 Å². The molecule has 0 fully saturated rings. The number of aromatic nitrogens is 2. The van der Waals surface area contributed by atoms with E-state index in [4.69, 9.17) is 5.73 Å². The summed E-state index contributed by atoms with van der Waals surface area (Å²) in [6.07, 6.45) is 3.87. The molecular weight excluding hydrogens is 222 g/mol. The van der Waals surface area contributed by atoms with Crippen LogP contribution >= 0.6 is 0 Å². The van der Waals surface area contributed by atoms with Crippen LogP contribution in [0.2, 0.25) is 0 Å². The van der Waals surface area contributed by atoms with E-state index in [1.165, 1.54) is 0 Å². The smallest absolute Gasteiger partial charge is 0.139 e. The maximum atomic E-state index is 6.32. The highest BCUT2D eigenvalue weighted by molar-refractivity contribution is 5.49. The standard InChI is InChI=1S/C15H15N3/c1-11-6-5-9-18-13(10-17-15(11)18)14(16)12-7-3-2-4-8-12/h2-10,14H,16H2,1H3/t14-/m0/s1. The zero-order valence-corrected chi connectivity index (χ0v) is 10.2. The van der Waals surface area contributed by atoms with Gasteiger partial charge in [-0.05, 0) is 24.1 Å². The highest BCUT2D eigenvalue weighted by Gasteiger charge is 2.13. The Morgan fingerprint density at radius 1 is 1.11 bits per heavy atom. The first-order valence-corrected chi connectivity index (χ1v) is 6.00. The summed E-state index contributed by atoms with van der Waals surface area (Å²) in [6, 6.07) is 14.0. The Morgan fingerprint density at radius 3 is 2.67 bits per heavy atom. The van der Waals surface area contributed by atoms with Gasteiger partial charge in [-0.2, -0.15) is 0 Å². The third-order valence-corrected chi connectivity index (χ3v) is 3.24. The Balaban J connectivity index is 2.13. The average molecular weight is 237 g/mol. The first-order chi connectivity index (χ1) is 8.77. The van der Waals surface area contributed by atoms with Crippen molar-refractivity contribution in [1.29, 1.82) is 0 Å². The van der Waals surface area contributed by atoms with Gasteiger partial charge in [-0.25, -0.2) is 4.98 Å². The summed E-state index contributed by atoms with van der Waals surface area (Å²) < 4.78 is 2.06. The van der Waals surface area contributed by atoms with E-state index < -0.39 is 0 Å². The van der Waals surface area contributed by atoms with E-state index >= 15 is 0 Å². The van der Waals surface area contributed by atoms with Gasteiger partial charge in [0.2, 0.25) is 0 Å². The van der Waals surface area contributed by atoms with E-state index in [0.717, 1.165) is 22.5 Å². The Labute approximate surface area is 106 Å². The second kappa shape index (κ2) is 4.27. The molecule has 2 N–H and O–H groups in total. The Kier molecular flexibility index (Phi) is 2.61. The van der Waals surface area contributed by atoms with E-state index in [1.54, 1.807) is 0 Å². The van der Waals surface area contributed by atoms with Crippen molar-refractivity contribution in [2.45, 2.75) is 13.0 Å². The van der Waals surface area contributed by atoms with Crippen LogP contribution in [-0.4, -0.2) is 9.38 Å². The zero-order chi connectivity index (χ0) is 12.5. The highest BCUT2D eigenvalue weighted by Crippen LogP contribution is 2.21. The predicted molar refractivity (Wildman–Crippen MR) is 72.4 cm³/mol. The summed E-state index contributed by atoms with van der Waals surface area (Å²) in [5, 5.41) is 0. The number of imidazole rings is 1. The van der Waals surface area contributed by atoms with E-state index in [1.807, 2.05) is 48.8 Å². The summed E-state index contributed by atoms with van der Waals surface area (Å²) in [5.41, 5.74) is 10.6. The molecule has 2 heterocycles. The lowest BCUT2D eigenvalue weighted by Crippen LogP contribution is -2.13. The third kappa shape index (κ3) is 1.69. The van der Waals surface area contributed by atoms with Crippen LogP contribution in [0.15, 0.2) is 54.9 Å². The monoisotopic (exact) mass is 237 g/mol. The fourth-order valence-corrected chi connectivity index (χ4v) is 2.23. The molecule has 3 heteroatoms. The molecule has 0 aliphatic rings. The van der Waals surface area contributed by atoms with E-state index in [9.17, 15) is 0 Å². The number of nitrogens with two attached hydrogens (primary N) is 1. The fourth-order valence-electron chi connectivity index (χ4n) is 2.23. The van der Waals surface area contributed by atoms with Gasteiger partial charge in [-0.3, -0.25) is 0 Å². The van der Waals surface area contributed by atoms with Crippen molar-refractivity contribution in [3.8, 4) is 0 Å². The molecule has 90 valence electrons. The van der Waals surface area contributed by atoms with Crippen molar-refractivity contribution in [1.82, 2.24) is 9.38 Å². The van der Waals surface area contributed by atoms with Crippen LogP contribution in [0.5, 0.6) is 0 Å². The minimum absolute atomic E-state index is 0.150.